The first kappa shape index (κ1) is 14.2. The first-order valence-electron chi connectivity index (χ1n) is 6.25. The Morgan fingerprint density at radius 3 is 2.35 bits per heavy atom. The molecule has 1 aromatic heterocycles. The minimum Gasteiger partial charge on any atom is -0.373 e. The Labute approximate surface area is 116 Å². The van der Waals surface area contributed by atoms with E-state index in [0.717, 1.165) is 23.5 Å². The molecule has 0 fully saturated rings. The molecule has 3 nitrogen and oxygen atoms in total. The molecule has 2 rings (SSSR count). The number of carbonyl (C=O) groups excluding carboxylic acids is 1. The predicted molar refractivity (Wildman–Crippen MR) is 74.1 cm³/mol. The Bertz CT molecular complexity index is 642. The maximum Gasteiger partial charge on any atom is 0.183 e. The number of nitrogens with zero attached hydrogens (tertiary/aromatic N) is 1. The highest BCUT2D eigenvalue weighted by molar-refractivity contribution is 6.00. The molecule has 5 heteroatoms. The van der Waals surface area contributed by atoms with Gasteiger partial charge in [0.05, 0.1) is 6.54 Å². The van der Waals surface area contributed by atoms with Crippen molar-refractivity contribution in [2.45, 2.75) is 13.8 Å². The number of ketones is 1. The van der Waals surface area contributed by atoms with E-state index in [-0.39, 0.29) is 18.0 Å². The minimum atomic E-state index is -0.709. The van der Waals surface area contributed by atoms with Crippen LogP contribution in [-0.4, -0.2) is 16.9 Å². The number of para-hydroxylation sites is 1. The van der Waals surface area contributed by atoms with E-state index < -0.39 is 11.6 Å². The van der Waals surface area contributed by atoms with Gasteiger partial charge in [0.1, 0.15) is 17.3 Å². The monoisotopic (exact) mass is 278 g/mol. The van der Waals surface area contributed by atoms with Crippen LogP contribution >= 0.6 is 0 Å². The molecule has 1 N–H and O–H groups in total. The summed E-state index contributed by atoms with van der Waals surface area (Å²) in [7, 11) is 1.87. The van der Waals surface area contributed by atoms with E-state index in [0.29, 0.717) is 5.56 Å². The molecular formula is C15H16F2N2O. The van der Waals surface area contributed by atoms with Crippen molar-refractivity contribution in [2.24, 2.45) is 7.05 Å². The molecule has 0 spiro atoms. The SMILES string of the molecule is Cc1cc(C(=O)CNc2c(F)cccc2F)c(C)n1C. The summed E-state index contributed by atoms with van der Waals surface area (Å²) in [6, 6.07) is 5.35. The lowest BCUT2D eigenvalue weighted by Gasteiger charge is -2.08. The van der Waals surface area contributed by atoms with E-state index >= 15 is 0 Å². The zero-order valence-electron chi connectivity index (χ0n) is 11.6. The van der Waals surface area contributed by atoms with Gasteiger partial charge in [0, 0.05) is 24.0 Å². The van der Waals surface area contributed by atoms with E-state index in [4.69, 9.17) is 0 Å². The third-order valence-corrected chi connectivity index (χ3v) is 3.46. The number of aryl methyl sites for hydroxylation is 1. The zero-order valence-corrected chi connectivity index (χ0v) is 11.6. The van der Waals surface area contributed by atoms with Crippen molar-refractivity contribution >= 4 is 11.5 Å². The largest absolute Gasteiger partial charge is 0.373 e. The van der Waals surface area contributed by atoms with Crippen LogP contribution in [0.25, 0.3) is 0 Å². The molecule has 0 aliphatic heterocycles. The Morgan fingerprint density at radius 2 is 1.85 bits per heavy atom. The van der Waals surface area contributed by atoms with Gasteiger partial charge in [-0.3, -0.25) is 4.79 Å². The molecule has 0 aliphatic carbocycles. The highest BCUT2D eigenvalue weighted by Gasteiger charge is 2.15. The Morgan fingerprint density at radius 1 is 1.25 bits per heavy atom. The van der Waals surface area contributed by atoms with E-state index in [2.05, 4.69) is 5.32 Å². The molecule has 0 aliphatic rings. The summed E-state index contributed by atoms with van der Waals surface area (Å²) in [4.78, 5) is 12.1. The van der Waals surface area contributed by atoms with Gasteiger partial charge in [-0.15, -0.1) is 0 Å². The molecule has 0 radical (unpaired) electrons. The van der Waals surface area contributed by atoms with Gasteiger partial charge in [0.25, 0.3) is 0 Å². The van der Waals surface area contributed by atoms with Crippen molar-refractivity contribution < 1.29 is 13.6 Å². The van der Waals surface area contributed by atoms with Crippen LogP contribution in [0.1, 0.15) is 21.7 Å². The van der Waals surface area contributed by atoms with Gasteiger partial charge in [-0.1, -0.05) is 6.07 Å². The fraction of sp³-hybridized carbons (Fsp3) is 0.267. The fourth-order valence-corrected chi connectivity index (χ4v) is 2.07. The number of nitrogens with one attached hydrogen (secondary N) is 1. The van der Waals surface area contributed by atoms with Crippen LogP contribution in [0.4, 0.5) is 14.5 Å². The van der Waals surface area contributed by atoms with Crippen LogP contribution in [0.2, 0.25) is 0 Å². The highest BCUT2D eigenvalue weighted by atomic mass is 19.1. The molecule has 1 heterocycles. The van der Waals surface area contributed by atoms with Gasteiger partial charge in [-0.25, -0.2) is 8.78 Å². The standard InChI is InChI=1S/C15H16F2N2O/c1-9-7-11(10(2)19(9)3)14(20)8-18-15-12(16)5-4-6-13(15)17/h4-7,18H,8H2,1-3H3. The fourth-order valence-electron chi connectivity index (χ4n) is 2.07. The highest BCUT2D eigenvalue weighted by Crippen LogP contribution is 2.19. The molecule has 20 heavy (non-hydrogen) atoms. The van der Waals surface area contributed by atoms with Crippen molar-refractivity contribution in [1.29, 1.82) is 0 Å². The molecule has 0 saturated heterocycles. The summed E-state index contributed by atoms with van der Waals surface area (Å²) >= 11 is 0. The van der Waals surface area contributed by atoms with Crippen LogP contribution in [-0.2, 0) is 7.05 Å². The quantitative estimate of drug-likeness (QED) is 0.871. The van der Waals surface area contributed by atoms with E-state index in [1.807, 2.05) is 25.5 Å². The lowest BCUT2D eigenvalue weighted by molar-refractivity contribution is 0.101. The molecule has 0 amide bonds. The number of Topliss-reactive ketones (excluding diaryl/α,β-unsaturated/α-hetero) is 1. The van der Waals surface area contributed by atoms with E-state index in [9.17, 15) is 13.6 Å². The first-order chi connectivity index (χ1) is 9.41. The van der Waals surface area contributed by atoms with Gasteiger partial charge >= 0.3 is 0 Å². The second-order valence-corrected chi connectivity index (χ2v) is 4.72. The number of hydrogen-bond acceptors (Lipinski definition) is 2. The number of halogens is 2. The summed E-state index contributed by atoms with van der Waals surface area (Å²) in [5.41, 5.74) is 2.09. The van der Waals surface area contributed by atoms with Crippen molar-refractivity contribution in [2.75, 3.05) is 11.9 Å². The zero-order chi connectivity index (χ0) is 14.9. The maximum absolute atomic E-state index is 13.4. The lowest BCUT2D eigenvalue weighted by atomic mass is 10.1. The van der Waals surface area contributed by atoms with Crippen LogP contribution in [0.5, 0.6) is 0 Å². The van der Waals surface area contributed by atoms with Crippen LogP contribution in [0.15, 0.2) is 24.3 Å². The molecule has 0 atom stereocenters. The third-order valence-electron chi connectivity index (χ3n) is 3.46. The van der Waals surface area contributed by atoms with Crippen LogP contribution in [0, 0.1) is 25.5 Å². The number of rotatable bonds is 4. The average Bonchev–Trinajstić information content (AvgIpc) is 2.66. The molecule has 1 aromatic carbocycles. The lowest BCUT2D eigenvalue weighted by Crippen LogP contribution is -2.16. The number of anilines is 1. The Kier molecular flexibility index (Phi) is 3.88. The third kappa shape index (κ3) is 2.57. The minimum absolute atomic E-state index is 0.151. The smallest absolute Gasteiger partial charge is 0.183 e. The predicted octanol–water partition coefficient (Wildman–Crippen LogP) is 3.21. The maximum atomic E-state index is 13.4. The summed E-state index contributed by atoms with van der Waals surface area (Å²) in [5, 5.41) is 2.53. The van der Waals surface area contributed by atoms with Gasteiger partial charge in [0.2, 0.25) is 0 Å². The van der Waals surface area contributed by atoms with Crippen molar-refractivity contribution in [1.82, 2.24) is 4.57 Å². The van der Waals surface area contributed by atoms with E-state index in [1.165, 1.54) is 6.07 Å². The number of hydrogen-bond donors (Lipinski definition) is 1. The van der Waals surface area contributed by atoms with Crippen molar-refractivity contribution in [3.63, 3.8) is 0 Å². The molecular weight excluding hydrogens is 262 g/mol. The molecule has 0 bridgehead atoms. The van der Waals surface area contributed by atoms with Crippen LogP contribution < -0.4 is 5.32 Å². The normalized spacial score (nSPS) is 10.7. The summed E-state index contributed by atoms with van der Waals surface area (Å²) < 4.78 is 28.8. The Balaban J connectivity index is 2.15. The van der Waals surface area contributed by atoms with Crippen LogP contribution in [0.3, 0.4) is 0 Å². The summed E-state index contributed by atoms with van der Waals surface area (Å²) in [5.74, 6) is -1.62. The second-order valence-electron chi connectivity index (χ2n) is 4.72. The Hall–Kier alpha value is -2.17. The molecule has 106 valence electrons. The van der Waals surface area contributed by atoms with E-state index in [1.54, 1.807) is 6.07 Å². The van der Waals surface area contributed by atoms with Gasteiger partial charge < -0.3 is 9.88 Å². The van der Waals surface area contributed by atoms with Crippen molar-refractivity contribution in [3.05, 3.63) is 52.9 Å². The molecule has 2 aromatic rings. The van der Waals surface area contributed by atoms with Gasteiger partial charge in [-0.05, 0) is 32.0 Å². The second kappa shape index (κ2) is 5.45. The summed E-state index contributed by atoms with van der Waals surface area (Å²) in [6.07, 6.45) is 0. The molecule has 0 unspecified atom stereocenters. The number of aromatic nitrogens is 1. The topological polar surface area (TPSA) is 34.0 Å². The van der Waals surface area contributed by atoms with Gasteiger partial charge in [-0.2, -0.15) is 0 Å². The first-order valence-corrected chi connectivity index (χ1v) is 6.25. The number of carbonyl (C=O) groups is 1. The van der Waals surface area contributed by atoms with Crippen molar-refractivity contribution in [3.8, 4) is 0 Å². The number of benzene rings is 1. The van der Waals surface area contributed by atoms with Gasteiger partial charge in [0.15, 0.2) is 5.78 Å². The molecule has 0 saturated carbocycles. The summed E-state index contributed by atoms with van der Waals surface area (Å²) in [6.45, 7) is 3.58. The average molecular weight is 278 g/mol.